The summed E-state index contributed by atoms with van der Waals surface area (Å²) < 4.78 is 2.23. The van der Waals surface area contributed by atoms with Crippen LogP contribution in [-0.2, 0) is 0 Å². The van der Waals surface area contributed by atoms with Crippen LogP contribution in [0.1, 0.15) is 29.8 Å². The molecular weight excluding hydrogens is 246 g/mol. The Hall–Kier alpha value is -2.60. The maximum absolute atomic E-state index is 9.40. The van der Waals surface area contributed by atoms with Crippen molar-refractivity contribution in [3.05, 3.63) is 66.0 Å². The number of fused-ring (bicyclic) bond motifs is 3. The second-order valence-corrected chi connectivity index (χ2v) is 5.17. The second kappa shape index (κ2) is 4.21. The summed E-state index contributed by atoms with van der Waals surface area (Å²) in [5.74, 6) is 0.787. The zero-order valence-corrected chi connectivity index (χ0v) is 10.9. The third kappa shape index (κ3) is 1.48. The Morgan fingerprint density at radius 2 is 1.80 bits per heavy atom. The first-order valence-electron chi connectivity index (χ1n) is 6.80. The number of imidazole rings is 1. The van der Waals surface area contributed by atoms with Gasteiger partial charge >= 0.3 is 0 Å². The first kappa shape index (κ1) is 11.2. The molecule has 0 aliphatic carbocycles. The molecule has 0 spiro atoms. The van der Waals surface area contributed by atoms with Gasteiger partial charge in [-0.25, -0.2) is 4.98 Å². The van der Waals surface area contributed by atoms with Crippen molar-refractivity contribution in [1.82, 2.24) is 9.55 Å². The predicted molar refractivity (Wildman–Crippen MR) is 77.3 cm³/mol. The lowest BCUT2D eigenvalue weighted by Crippen LogP contribution is -2.05. The van der Waals surface area contributed by atoms with Crippen LogP contribution in [0.2, 0.25) is 0 Å². The Morgan fingerprint density at radius 1 is 1.05 bits per heavy atom. The van der Waals surface area contributed by atoms with Crippen molar-refractivity contribution in [2.45, 2.75) is 18.4 Å². The SMILES string of the molecule is N#C[C@@H]1CC(c2ccccc2)n2c1nc1ccccc12. The molecule has 2 atom stereocenters. The molecule has 3 nitrogen and oxygen atoms in total. The number of nitriles is 1. The van der Waals surface area contributed by atoms with E-state index >= 15 is 0 Å². The minimum Gasteiger partial charge on any atom is -0.319 e. The molecule has 3 aromatic rings. The average Bonchev–Trinajstić information content (AvgIpc) is 3.05. The minimum absolute atomic E-state index is 0.118. The van der Waals surface area contributed by atoms with E-state index in [4.69, 9.17) is 0 Å². The van der Waals surface area contributed by atoms with E-state index in [1.807, 2.05) is 36.4 Å². The summed E-state index contributed by atoms with van der Waals surface area (Å²) in [7, 11) is 0. The van der Waals surface area contributed by atoms with Gasteiger partial charge < -0.3 is 4.57 Å². The van der Waals surface area contributed by atoms with Crippen LogP contribution in [0.5, 0.6) is 0 Å². The summed E-state index contributed by atoms with van der Waals surface area (Å²) in [4.78, 5) is 4.66. The minimum atomic E-state index is -0.118. The number of nitrogens with zero attached hydrogens (tertiary/aromatic N) is 3. The van der Waals surface area contributed by atoms with Crippen molar-refractivity contribution >= 4 is 11.0 Å². The van der Waals surface area contributed by atoms with Crippen molar-refractivity contribution in [3.63, 3.8) is 0 Å². The number of rotatable bonds is 1. The van der Waals surface area contributed by atoms with Crippen LogP contribution in [0.25, 0.3) is 11.0 Å². The maximum Gasteiger partial charge on any atom is 0.127 e. The number of hydrogen-bond acceptors (Lipinski definition) is 2. The van der Waals surface area contributed by atoms with Crippen LogP contribution in [0, 0.1) is 11.3 Å². The van der Waals surface area contributed by atoms with Gasteiger partial charge in [0, 0.05) is 0 Å². The van der Waals surface area contributed by atoms with E-state index < -0.39 is 0 Å². The van der Waals surface area contributed by atoms with E-state index in [0.717, 1.165) is 23.3 Å². The molecule has 0 amide bonds. The fraction of sp³-hybridized carbons (Fsp3) is 0.176. The van der Waals surface area contributed by atoms with Crippen LogP contribution in [0.3, 0.4) is 0 Å². The molecule has 2 aromatic carbocycles. The highest BCUT2D eigenvalue weighted by Crippen LogP contribution is 2.41. The Morgan fingerprint density at radius 3 is 2.60 bits per heavy atom. The first-order valence-corrected chi connectivity index (χ1v) is 6.80. The Labute approximate surface area is 117 Å². The summed E-state index contributed by atoms with van der Waals surface area (Å²) in [6.07, 6.45) is 0.813. The highest BCUT2D eigenvalue weighted by atomic mass is 15.1. The Balaban J connectivity index is 1.97. The van der Waals surface area contributed by atoms with Crippen LogP contribution in [-0.4, -0.2) is 9.55 Å². The summed E-state index contributed by atoms with van der Waals surface area (Å²) in [6, 6.07) is 21.1. The Kier molecular flexibility index (Phi) is 2.37. The number of aromatic nitrogens is 2. The highest BCUT2D eigenvalue weighted by molar-refractivity contribution is 5.77. The third-order valence-corrected chi connectivity index (χ3v) is 4.05. The highest BCUT2D eigenvalue weighted by Gasteiger charge is 2.34. The predicted octanol–water partition coefficient (Wildman–Crippen LogP) is 3.64. The zero-order chi connectivity index (χ0) is 13.5. The number of benzene rings is 2. The topological polar surface area (TPSA) is 41.6 Å². The van der Waals surface area contributed by atoms with Crippen molar-refractivity contribution < 1.29 is 0 Å². The smallest absolute Gasteiger partial charge is 0.127 e. The molecule has 0 radical (unpaired) electrons. The van der Waals surface area contributed by atoms with Crippen molar-refractivity contribution in [2.75, 3.05) is 0 Å². The van der Waals surface area contributed by atoms with Gasteiger partial charge in [0.25, 0.3) is 0 Å². The molecule has 1 aromatic heterocycles. The van der Waals surface area contributed by atoms with Crippen LogP contribution in [0.4, 0.5) is 0 Å². The van der Waals surface area contributed by atoms with Gasteiger partial charge in [-0.1, -0.05) is 42.5 Å². The molecule has 1 aliphatic rings. The molecule has 20 heavy (non-hydrogen) atoms. The molecule has 0 bridgehead atoms. The lowest BCUT2D eigenvalue weighted by Gasteiger charge is -2.14. The molecule has 0 saturated carbocycles. The van der Waals surface area contributed by atoms with Gasteiger partial charge in [-0.3, -0.25) is 0 Å². The normalized spacial score (nSPS) is 20.8. The van der Waals surface area contributed by atoms with Crippen LogP contribution < -0.4 is 0 Å². The summed E-state index contributed by atoms with van der Waals surface area (Å²) >= 11 is 0. The summed E-state index contributed by atoms with van der Waals surface area (Å²) in [5.41, 5.74) is 3.34. The first-order chi connectivity index (χ1) is 9.88. The molecule has 3 heteroatoms. The summed E-state index contributed by atoms with van der Waals surface area (Å²) in [5, 5.41) is 9.40. The Bertz CT molecular complexity index is 811. The monoisotopic (exact) mass is 259 g/mol. The molecule has 0 N–H and O–H groups in total. The van der Waals surface area contributed by atoms with Crippen molar-refractivity contribution in [1.29, 1.82) is 5.26 Å². The second-order valence-electron chi connectivity index (χ2n) is 5.17. The maximum atomic E-state index is 9.40. The lowest BCUT2D eigenvalue weighted by atomic mass is 9.99. The van der Waals surface area contributed by atoms with E-state index in [2.05, 4.69) is 33.8 Å². The van der Waals surface area contributed by atoms with E-state index in [9.17, 15) is 5.26 Å². The van der Waals surface area contributed by atoms with Crippen LogP contribution >= 0.6 is 0 Å². The number of hydrogen-bond donors (Lipinski definition) is 0. The van der Waals surface area contributed by atoms with Crippen molar-refractivity contribution in [2.24, 2.45) is 0 Å². The number of para-hydroxylation sites is 2. The molecule has 2 heterocycles. The molecule has 4 rings (SSSR count). The van der Waals surface area contributed by atoms with Gasteiger partial charge in [0.05, 0.1) is 23.1 Å². The fourth-order valence-corrected chi connectivity index (χ4v) is 3.14. The van der Waals surface area contributed by atoms with E-state index in [1.54, 1.807) is 0 Å². The summed E-state index contributed by atoms with van der Waals surface area (Å²) in [6.45, 7) is 0. The van der Waals surface area contributed by atoms with Gasteiger partial charge in [-0.2, -0.15) is 5.26 Å². The molecule has 0 fully saturated rings. The van der Waals surface area contributed by atoms with Crippen LogP contribution in [0.15, 0.2) is 54.6 Å². The molecule has 1 unspecified atom stereocenters. The van der Waals surface area contributed by atoms with E-state index in [1.165, 1.54) is 5.56 Å². The zero-order valence-electron chi connectivity index (χ0n) is 10.9. The molecular formula is C17H13N3. The quantitative estimate of drug-likeness (QED) is 0.669. The molecule has 0 saturated heterocycles. The van der Waals surface area contributed by atoms with Gasteiger partial charge in [-0.05, 0) is 24.1 Å². The third-order valence-electron chi connectivity index (χ3n) is 4.05. The van der Waals surface area contributed by atoms with E-state index in [0.29, 0.717) is 0 Å². The van der Waals surface area contributed by atoms with Gasteiger partial charge in [-0.15, -0.1) is 0 Å². The van der Waals surface area contributed by atoms with E-state index in [-0.39, 0.29) is 12.0 Å². The van der Waals surface area contributed by atoms with Gasteiger partial charge in [0.1, 0.15) is 11.7 Å². The molecule has 96 valence electrons. The van der Waals surface area contributed by atoms with Crippen molar-refractivity contribution in [3.8, 4) is 6.07 Å². The van der Waals surface area contributed by atoms with Gasteiger partial charge in [0.15, 0.2) is 0 Å². The molecule has 1 aliphatic heterocycles. The average molecular weight is 259 g/mol. The van der Waals surface area contributed by atoms with Gasteiger partial charge in [0.2, 0.25) is 0 Å². The standard InChI is InChI=1S/C17H13N3/c18-11-13-10-16(12-6-2-1-3-7-12)20-15-9-5-4-8-14(15)19-17(13)20/h1-9,13,16H,10H2/t13-,16?/m0/s1. The largest absolute Gasteiger partial charge is 0.319 e. The lowest BCUT2D eigenvalue weighted by molar-refractivity contribution is 0.625. The fourth-order valence-electron chi connectivity index (χ4n) is 3.14.